The van der Waals surface area contributed by atoms with Gasteiger partial charge in [-0.1, -0.05) is 0 Å². The lowest BCUT2D eigenvalue weighted by Gasteiger charge is -2.35. The van der Waals surface area contributed by atoms with Crippen LogP contribution in [0.2, 0.25) is 0 Å². The molecule has 22 heavy (non-hydrogen) atoms. The van der Waals surface area contributed by atoms with Crippen molar-refractivity contribution in [1.29, 1.82) is 0 Å². The van der Waals surface area contributed by atoms with Crippen molar-refractivity contribution in [1.82, 2.24) is 5.32 Å². The summed E-state index contributed by atoms with van der Waals surface area (Å²) in [6.07, 6.45) is -2.29. The number of carbonyl (C=O) groups excluding carboxylic acids is 1. The van der Waals surface area contributed by atoms with E-state index in [4.69, 9.17) is 10.5 Å². The van der Waals surface area contributed by atoms with E-state index < -0.39 is 23.6 Å². The lowest BCUT2D eigenvalue weighted by atomic mass is 9.80. The Hall–Kier alpha value is -1.73. The minimum absolute atomic E-state index is 0.0171. The Bertz CT molecular complexity index is 447. The van der Waals surface area contributed by atoms with Gasteiger partial charge in [0.2, 0.25) is 0 Å². The van der Waals surface area contributed by atoms with Gasteiger partial charge in [-0.05, 0) is 51.8 Å². The van der Waals surface area contributed by atoms with E-state index in [1.54, 1.807) is 20.8 Å². The average molecular weight is 321 g/mol. The first-order valence-corrected chi connectivity index (χ1v) is 7.00. The van der Waals surface area contributed by atoms with E-state index in [0.29, 0.717) is 12.8 Å². The Balaban J connectivity index is 2.38. The SMILES string of the molecule is CC(C)(C)OC(=O)NC1CC(CN=C(C=CN)C(F)(F)F)C1. The second kappa shape index (κ2) is 7.02. The van der Waals surface area contributed by atoms with Gasteiger partial charge in [0.25, 0.3) is 0 Å². The van der Waals surface area contributed by atoms with Crippen LogP contribution in [0.1, 0.15) is 33.6 Å². The highest BCUT2D eigenvalue weighted by Crippen LogP contribution is 2.29. The molecule has 0 unspecified atom stereocenters. The van der Waals surface area contributed by atoms with Crippen LogP contribution in [0.5, 0.6) is 0 Å². The molecule has 1 rings (SSSR count). The molecule has 8 heteroatoms. The summed E-state index contributed by atoms with van der Waals surface area (Å²) in [6.45, 7) is 5.34. The molecule has 3 N–H and O–H groups in total. The zero-order chi connectivity index (χ0) is 17.0. The number of halogens is 3. The van der Waals surface area contributed by atoms with Crippen LogP contribution in [0.4, 0.5) is 18.0 Å². The van der Waals surface area contributed by atoms with E-state index in [1.807, 2.05) is 0 Å². The number of allylic oxidation sites excluding steroid dienone is 1. The van der Waals surface area contributed by atoms with E-state index in [2.05, 4.69) is 10.3 Å². The van der Waals surface area contributed by atoms with Gasteiger partial charge in [0.15, 0.2) is 0 Å². The molecule has 5 nitrogen and oxygen atoms in total. The molecule has 1 saturated carbocycles. The molecule has 0 radical (unpaired) electrons. The Kier molecular flexibility index (Phi) is 5.85. The fourth-order valence-electron chi connectivity index (χ4n) is 2.03. The highest BCUT2D eigenvalue weighted by atomic mass is 19.4. The van der Waals surface area contributed by atoms with Crippen LogP contribution in [-0.4, -0.2) is 36.2 Å². The first-order valence-electron chi connectivity index (χ1n) is 7.00. The van der Waals surface area contributed by atoms with E-state index in [1.165, 1.54) is 0 Å². The molecule has 1 amide bonds. The van der Waals surface area contributed by atoms with E-state index in [0.717, 1.165) is 12.3 Å². The number of aliphatic imine (C=N–C) groups is 1. The zero-order valence-electron chi connectivity index (χ0n) is 12.9. The lowest BCUT2D eigenvalue weighted by molar-refractivity contribution is -0.0579. The standard InChI is InChI=1S/C14H22F3N3O2/c1-13(2,3)22-12(21)20-10-6-9(7-10)8-19-11(4-5-18)14(15,16)17/h4-5,9-10H,6-8,18H2,1-3H3,(H,20,21). The van der Waals surface area contributed by atoms with Crippen molar-refractivity contribution in [3.63, 3.8) is 0 Å². The zero-order valence-corrected chi connectivity index (χ0v) is 12.9. The number of rotatable bonds is 4. The van der Waals surface area contributed by atoms with Gasteiger partial charge in [-0.3, -0.25) is 4.99 Å². The topological polar surface area (TPSA) is 76.7 Å². The van der Waals surface area contributed by atoms with Gasteiger partial charge in [0.1, 0.15) is 11.3 Å². The molecule has 0 aromatic rings. The third-order valence-electron chi connectivity index (χ3n) is 3.02. The van der Waals surface area contributed by atoms with Crippen LogP contribution < -0.4 is 11.1 Å². The van der Waals surface area contributed by atoms with Gasteiger partial charge < -0.3 is 15.8 Å². The minimum atomic E-state index is -4.51. The molecule has 0 aliphatic heterocycles. The molecule has 1 aliphatic carbocycles. The third kappa shape index (κ3) is 6.36. The molecule has 1 fully saturated rings. The molecule has 0 saturated heterocycles. The molecule has 0 aromatic heterocycles. The van der Waals surface area contributed by atoms with Crippen LogP contribution in [0.3, 0.4) is 0 Å². The van der Waals surface area contributed by atoms with Crippen LogP contribution in [0, 0.1) is 5.92 Å². The number of alkyl carbamates (subject to hydrolysis) is 1. The summed E-state index contributed by atoms with van der Waals surface area (Å²) in [6, 6.07) is -0.0746. The summed E-state index contributed by atoms with van der Waals surface area (Å²) in [5, 5.41) is 2.68. The van der Waals surface area contributed by atoms with Gasteiger partial charge in [0.05, 0.1) is 0 Å². The van der Waals surface area contributed by atoms with Crippen molar-refractivity contribution in [2.75, 3.05) is 6.54 Å². The molecule has 0 heterocycles. The van der Waals surface area contributed by atoms with Gasteiger partial charge in [-0.25, -0.2) is 4.79 Å². The predicted octanol–water partition coefficient (Wildman–Crippen LogP) is 2.77. The van der Waals surface area contributed by atoms with Crippen molar-refractivity contribution in [3.8, 4) is 0 Å². The quantitative estimate of drug-likeness (QED) is 0.782. The third-order valence-corrected chi connectivity index (χ3v) is 3.02. The molecule has 0 spiro atoms. The van der Waals surface area contributed by atoms with Crippen molar-refractivity contribution in [2.45, 2.75) is 51.4 Å². The Morgan fingerprint density at radius 1 is 1.36 bits per heavy atom. The van der Waals surface area contributed by atoms with Gasteiger partial charge >= 0.3 is 12.3 Å². The first kappa shape index (κ1) is 18.3. The number of hydrogen-bond acceptors (Lipinski definition) is 4. The van der Waals surface area contributed by atoms with Crippen LogP contribution in [0.15, 0.2) is 17.3 Å². The lowest BCUT2D eigenvalue weighted by Crippen LogP contribution is -2.47. The summed E-state index contributed by atoms with van der Waals surface area (Å²) in [7, 11) is 0. The molecule has 0 bridgehead atoms. The number of alkyl halides is 3. The molecule has 1 aliphatic rings. The average Bonchev–Trinajstić information content (AvgIpc) is 2.26. The summed E-state index contributed by atoms with van der Waals surface area (Å²) in [5.41, 5.74) is 3.42. The highest BCUT2D eigenvalue weighted by molar-refractivity contribution is 5.99. The van der Waals surface area contributed by atoms with Gasteiger partial charge in [0, 0.05) is 12.6 Å². The maximum Gasteiger partial charge on any atom is 0.432 e. The number of amides is 1. The number of nitrogens with two attached hydrogens (primary N) is 1. The van der Waals surface area contributed by atoms with Crippen LogP contribution in [-0.2, 0) is 4.74 Å². The fourth-order valence-corrected chi connectivity index (χ4v) is 2.03. The monoisotopic (exact) mass is 321 g/mol. The summed E-state index contributed by atoms with van der Waals surface area (Å²) >= 11 is 0. The smallest absolute Gasteiger partial charge is 0.432 e. The molecule has 0 aromatic carbocycles. The Morgan fingerprint density at radius 2 is 1.95 bits per heavy atom. The van der Waals surface area contributed by atoms with Crippen molar-refractivity contribution in [2.24, 2.45) is 16.6 Å². The molecular formula is C14H22F3N3O2. The fraction of sp³-hybridized carbons (Fsp3) is 0.714. The van der Waals surface area contributed by atoms with Gasteiger partial charge in [-0.2, -0.15) is 13.2 Å². The molecule has 0 atom stereocenters. The number of nitrogens with zero attached hydrogens (tertiary/aromatic N) is 1. The maximum atomic E-state index is 12.6. The Morgan fingerprint density at radius 3 is 2.41 bits per heavy atom. The minimum Gasteiger partial charge on any atom is -0.444 e. The maximum absolute atomic E-state index is 12.6. The largest absolute Gasteiger partial charge is 0.444 e. The highest BCUT2D eigenvalue weighted by Gasteiger charge is 2.35. The van der Waals surface area contributed by atoms with E-state index in [9.17, 15) is 18.0 Å². The number of carbonyl (C=O) groups is 1. The van der Waals surface area contributed by atoms with E-state index in [-0.39, 0.29) is 18.5 Å². The predicted molar refractivity (Wildman–Crippen MR) is 77.6 cm³/mol. The van der Waals surface area contributed by atoms with E-state index >= 15 is 0 Å². The van der Waals surface area contributed by atoms with Gasteiger partial charge in [-0.15, -0.1) is 0 Å². The number of nitrogens with one attached hydrogen (secondary N) is 1. The second-order valence-electron chi connectivity index (χ2n) is 6.26. The van der Waals surface area contributed by atoms with Crippen molar-refractivity contribution in [3.05, 3.63) is 12.3 Å². The second-order valence-corrected chi connectivity index (χ2v) is 6.26. The van der Waals surface area contributed by atoms with Crippen molar-refractivity contribution < 1.29 is 22.7 Å². The summed E-state index contributed by atoms with van der Waals surface area (Å²) in [4.78, 5) is 15.1. The summed E-state index contributed by atoms with van der Waals surface area (Å²) < 4.78 is 42.8. The van der Waals surface area contributed by atoms with Crippen LogP contribution in [0.25, 0.3) is 0 Å². The number of hydrogen-bond donors (Lipinski definition) is 2. The first-order chi connectivity index (χ1) is 10.0. The Labute approximate surface area is 127 Å². The van der Waals surface area contributed by atoms with Crippen LogP contribution >= 0.6 is 0 Å². The summed E-state index contributed by atoms with van der Waals surface area (Å²) in [5.74, 6) is 0.0171. The molecular weight excluding hydrogens is 299 g/mol. The van der Waals surface area contributed by atoms with Crippen molar-refractivity contribution >= 4 is 11.8 Å². The normalized spacial score (nSPS) is 23.3. The number of ether oxygens (including phenoxy) is 1. The molecule has 126 valence electrons.